The number of hydrogen-bond acceptors (Lipinski definition) is 7. The van der Waals surface area contributed by atoms with Crippen LogP contribution in [0, 0.1) is 0 Å². The number of para-hydroxylation sites is 1. The van der Waals surface area contributed by atoms with Gasteiger partial charge in [-0.1, -0.05) is 24.3 Å². The molecule has 7 heteroatoms. The predicted molar refractivity (Wildman–Crippen MR) is 95.7 cm³/mol. The molecular weight excluding hydrogens is 318 g/mol. The number of hydrogen-bond donors (Lipinski definition) is 2. The molecule has 2 heterocycles. The van der Waals surface area contributed by atoms with Crippen LogP contribution >= 0.6 is 0 Å². The maximum Gasteiger partial charge on any atom is 0.232 e. The molecule has 0 saturated carbocycles. The molecule has 0 unspecified atom stereocenters. The van der Waals surface area contributed by atoms with Crippen LogP contribution in [-0.2, 0) is 0 Å². The molecule has 0 spiro atoms. The summed E-state index contributed by atoms with van der Waals surface area (Å²) in [5.41, 5.74) is 7.37. The minimum Gasteiger partial charge on any atom is -0.497 e. The van der Waals surface area contributed by atoms with Gasteiger partial charge in [0.15, 0.2) is 5.76 Å². The lowest BCUT2D eigenvalue weighted by molar-refractivity contribution is 0.415. The first kappa shape index (κ1) is 14.9. The van der Waals surface area contributed by atoms with Gasteiger partial charge in [0, 0.05) is 17.1 Å². The van der Waals surface area contributed by atoms with Gasteiger partial charge in [-0.15, -0.1) is 0 Å². The van der Waals surface area contributed by atoms with Crippen LogP contribution in [0.2, 0.25) is 0 Å². The van der Waals surface area contributed by atoms with Crippen molar-refractivity contribution < 1.29 is 9.15 Å². The van der Waals surface area contributed by atoms with E-state index in [1.807, 2.05) is 54.6 Å². The molecule has 0 aliphatic heterocycles. The number of ether oxygens (including phenoxy) is 1. The van der Waals surface area contributed by atoms with Crippen LogP contribution in [-0.4, -0.2) is 22.1 Å². The van der Waals surface area contributed by atoms with Gasteiger partial charge in [0.05, 0.1) is 7.11 Å². The van der Waals surface area contributed by atoms with Crippen molar-refractivity contribution >= 4 is 28.6 Å². The second-order valence-electron chi connectivity index (χ2n) is 5.35. The Morgan fingerprint density at radius 1 is 1.00 bits per heavy atom. The molecule has 3 N–H and O–H groups in total. The molecule has 0 radical (unpaired) electrons. The largest absolute Gasteiger partial charge is 0.497 e. The molecule has 124 valence electrons. The fourth-order valence-electron chi connectivity index (χ4n) is 2.48. The first-order valence-electron chi connectivity index (χ1n) is 7.63. The SMILES string of the molecule is COc1cccc(Nc2nc(N)nc(-c3cc4ccccc4o3)n2)c1. The Balaban J connectivity index is 1.70. The van der Waals surface area contributed by atoms with Gasteiger partial charge in [0.2, 0.25) is 17.7 Å². The second kappa shape index (κ2) is 6.12. The summed E-state index contributed by atoms with van der Waals surface area (Å²) in [5.74, 6) is 2.06. The average molecular weight is 333 g/mol. The van der Waals surface area contributed by atoms with E-state index in [9.17, 15) is 0 Å². The molecule has 4 aromatic rings. The van der Waals surface area contributed by atoms with Crippen LogP contribution in [0.4, 0.5) is 17.6 Å². The normalized spacial score (nSPS) is 10.8. The van der Waals surface area contributed by atoms with E-state index in [0.29, 0.717) is 17.5 Å². The van der Waals surface area contributed by atoms with E-state index in [-0.39, 0.29) is 5.95 Å². The third kappa shape index (κ3) is 3.07. The highest BCUT2D eigenvalue weighted by Gasteiger charge is 2.12. The summed E-state index contributed by atoms with van der Waals surface area (Å²) in [5, 5.41) is 4.07. The van der Waals surface area contributed by atoms with Gasteiger partial charge in [0.1, 0.15) is 11.3 Å². The Morgan fingerprint density at radius 2 is 1.88 bits per heavy atom. The number of rotatable bonds is 4. The first-order chi connectivity index (χ1) is 12.2. The molecule has 25 heavy (non-hydrogen) atoms. The molecule has 0 saturated heterocycles. The van der Waals surface area contributed by atoms with Crippen LogP contribution in [0.1, 0.15) is 0 Å². The number of nitrogens with one attached hydrogen (secondary N) is 1. The van der Waals surface area contributed by atoms with Crippen molar-refractivity contribution in [3.63, 3.8) is 0 Å². The Morgan fingerprint density at radius 3 is 2.72 bits per heavy atom. The van der Waals surface area contributed by atoms with Crippen LogP contribution in [0.25, 0.3) is 22.6 Å². The van der Waals surface area contributed by atoms with Crippen molar-refractivity contribution in [3.8, 4) is 17.3 Å². The maximum atomic E-state index is 5.83. The number of furan rings is 1. The standard InChI is InChI=1S/C18H15N5O2/c1-24-13-7-4-6-12(10-13)20-18-22-16(21-17(19)23-18)15-9-11-5-2-3-8-14(11)25-15/h2-10H,1H3,(H3,19,20,21,22,23). The Labute approximate surface area is 143 Å². The summed E-state index contributed by atoms with van der Waals surface area (Å²) in [6, 6.07) is 17.0. The van der Waals surface area contributed by atoms with Crippen LogP contribution in [0.15, 0.2) is 59.0 Å². The fourth-order valence-corrected chi connectivity index (χ4v) is 2.48. The molecule has 0 fully saturated rings. The zero-order valence-corrected chi connectivity index (χ0v) is 13.4. The number of methoxy groups -OCH3 is 1. The molecule has 0 amide bonds. The molecule has 0 atom stereocenters. The highest BCUT2D eigenvalue weighted by Crippen LogP contribution is 2.27. The molecule has 0 aliphatic rings. The van der Waals surface area contributed by atoms with Crippen molar-refractivity contribution in [2.45, 2.75) is 0 Å². The van der Waals surface area contributed by atoms with E-state index in [2.05, 4.69) is 20.3 Å². The zero-order chi connectivity index (χ0) is 17.2. The van der Waals surface area contributed by atoms with Gasteiger partial charge < -0.3 is 20.2 Å². The Bertz CT molecular complexity index is 1010. The summed E-state index contributed by atoms with van der Waals surface area (Å²) >= 11 is 0. The minimum atomic E-state index is 0.107. The Kier molecular flexibility index (Phi) is 3.66. The highest BCUT2D eigenvalue weighted by molar-refractivity contribution is 5.81. The average Bonchev–Trinajstić information content (AvgIpc) is 3.05. The maximum absolute atomic E-state index is 5.83. The minimum absolute atomic E-state index is 0.107. The number of nitrogens with two attached hydrogens (primary N) is 1. The summed E-state index contributed by atoms with van der Waals surface area (Å²) in [4.78, 5) is 12.7. The van der Waals surface area contributed by atoms with E-state index in [1.165, 1.54) is 0 Å². The number of aromatic nitrogens is 3. The lowest BCUT2D eigenvalue weighted by Crippen LogP contribution is -2.04. The molecular formula is C18H15N5O2. The van der Waals surface area contributed by atoms with E-state index in [4.69, 9.17) is 14.9 Å². The molecule has 2 aromatic carbocycles. The van der Waals surface area contributed by atoms with Crippen molar-refractivity contribution in [2.24, 2.45) is 0 Å². The number of fused-ring (bicyclic) bond motifs is 1. The molecule has 0 aliphatic carbocycles. The van der Waals surface area contributed by atoms with Gasteiger partial charge in [-0.3, -0.25) is 0 Å². The van der Waals surface area contributed by atoms with E-state index in [1.54, 1.807) is 7.11 Å². The Hall–Kier alpha value is -3.61. The molecule has 0 bridgehead atoms. The summed E-state index contributed by atoms with van der Waals surface area (Å²) in [6.45, 7) is 0. The topological polar surface area (TPSA) is 99.1 Å². The van der Waals surface area contributed by atoms with Gasteiger partial charge in [-0.2, -0.15) is 15.0 Å². The summed E-state index contributed by atoms with van der Waals surface area (Å²) < 4.78 is 11.0. The van der Waals surface area contributed by atoms with Crippen LogP contribution < -0.4 is 15.8 Å². The van der Waals surface area contributed by atoms with Gasteiger partial charge in [-0.25, -0.2) is 0 Å². The lowest BCUT2D eigenvalue weighted by Gasteiger charge is -2.07. The molecule has 2 aromatic heterocycles. The fraction of sp³-hybridized carbons (Fsp3) is 0.0556. The summed E-state index contributed by atoms with van der Waals surface area (Å²) in [6.07, 6.45) is 0. The quantitative estimate of drug-likeness (QED) is 0.588. The van der Waals surface area contributed by atoms with Crippen molar-refractivity contribution in [2.75, 3.05) is 18.2 Å². The number of benzene rings is 2. The van der Waals surface area contributed by atoms with Crippen molar-refractivity contribution in [1.82, 2.24) is 15.0 Å². The van der Waals surface area contributed by atoms with Gasteiger partial charge >= 0.3 is 0 Å². The third-order valence-electron chi connectivity index (χ3n) is 3.62. The second-order valence-corrected chi connectivity index (χ2v) is 5.35. The van der Waals surface area contributed by atoms with Crippen molar-refractivity contribution in [1.29, 1.82) is 0 Å². The predicted octanol–water partition coefficient (Wildman–Crippen LogP) is 3.62. The number of nitrogens with zero attached hydrogens (tertiary/aromatic N) is 3. The van der Waals surface area contributed by atoms with E-state index >= 15 is 0 Å². The smallest absolute Gasteiger partial charge is 0.232 e. The molecule has 4 rings (SSSR count). The van der Waals surface area contributed by atoms with Crippen LogP contribution in [0.5, 0.6) is 5.75 Å². The lowest BCUT2D eigenvalue weighted by atomic mass is 10.2. The third-order valence-corrected chi connectivity index (χ3v) is 3.62. The van der Waals surface area contributed by atoms with E-state index < -0.39 is 0 Å². The van der Waals surface area contributed by atoms with E-state index in [0.717, 1.165) is 22.4 Å². The van der Waals surface area contributed by atoms with Crippen molar-refractivity contribution in [3.05, 3.63) is 54.6 Å². The summed E-state index contributed by atoms with van der Waals surface area (Å²) in [7, 11) is 1.61. The molecule has 7 nitrogen and oxygen atoms in total. The zero-order valence-electron chi connectivity index (χ0n) is 13.4. The number of anilines is 3. The highest BCUT2D eigenvalue weighted by atomic mass is 16.5. The first-order valence-corrected chi connectivity index (χ1v) is 7.63. The number of nitrogen functional groups attached to an aromatic ring is 1. The van der Waals surface area contributed by atoms with Gasteiger partial charge in [-0.05, 0) is 24.3 Å². The van der Waals surface area contributed by atoms with Gasteiger partial charge in [0.25, 0.3) is 0 Å². The monoisotopic (exact) mass is 333 g/mol. The van der Waals surface area contributed by atoms with Crippen LogP contribution in [0.3, 0.4) is 0 Å².